The highest BCUT2D eigenvalue weighted by Gasteiger charge is 2.25. The molecule has 0 aliphatic heterocycles. The van der Waals surface area contributed by atoms with Crippen molar-refractivity contribution in [3.63, 3.8) is 0 Å². The van der Waals surface area contributed by atoms with E-state index in [1.165, 1.54) is 64.2 Å². The van der Waals surface area contributed by atoms with Crippen molar-refractivity contribution in [2.45, 2.75) is 97.1 Å². The highest BCUT2D eigenvalue weighted by atomic mass is 14.9. The van der Waals surface area contributed by atoms with Gasteiger partial charge in [-0.15, -0.1) is 0 Å². The fraction of sp³-hybridized carbons (Fsp3) is 1.00. The van der Waals surface area contributed by atoms with Gasteiger partial charge in [0.15, 0.2) is 0 Å². The largest absolute Gasteiger partial charge is 0.311 e. The van der Waals surface area contributed by atoms with Gasteiger partial charge in [-0.2, -0.15) is 0 Å². The van der Waals surface area contributed by atoms with Crippen molar-refractivity contribution < 1.29 is 0 Å². The Morgan fingerprint density at radius 2 is 1.37 bits per heavy atom. The SMILES string of the molecule is CC(C)C1CCCC(NC(C)C2CCCCC2)CC1. The van der Waals surface area contributed by atoms with E-state index in [9.17, 15) is 0 Å². The second-order valence-electron chi connectivity index (χ2n) is 7.56. The third kappa shape index (κ3) is 4.77. The van der Waals surface area contributed by atoms with Crippen LogP contribution < -0.4 is 5.32 Å². The molecular weight excluding hydrogens is 230 g/mol. The van der Waals surface area contributed by atoms with Crippen molar-refractivity contribution in [3.05, 3.63) is 0 Å². The molecule has 0 aromatic carbocycles. The number of hydrogen-bond donors (Lipinski definition) is 1. The second kappa shape index (κ2) is 7.67. The van der Waals surface area contributed by atoms with Gasteiger partial charge in [0, 0.05) is 12.1 Å². The first-order valence-corrected chi connectivity index (χ1v) is 8.93. The first-order valence-electron chi connectivity index (χ1n) is 8.93. The van der Waals surface area contributed by atoms with Crippen molar-refractivity contribution in [2.75, 3.05) is 0 Å². The van der Waals surface area contributed by atoms with Crippen LogP contribution in [0.25, 0.3) is 0 Å². The van der Waals surface area contributed by atoms with Crippen LogP contribution in [0.3, 0.4) is 0 Å². The second-order valence-corrected chi connectivity index (χ2v) is 7.56. The Labute approximate surface area is 120 Å². The molecule has 0 aromatic rings. The number of hydrogen-bond acceptors (Lipinski definition) is 1. The average Bonchev–Trinajstić information content (AvgIpc) is 2.65. The predicted molar refractivity (Wildman–Crippen MR) is 84.4 cm³/mol. The molecule has 1 nitrogen and oxygen atoms in total. The predicted octanol–water partition coefficient (Wildman–Crippen LogP) is 5.15. The first-order chi connectivity index (χ1) is 9.16. The van der Waals surface area contributed by atoms with E-state index < -0.39 is 0 Å². The van der Waals surface area contributed by atoms with Gasteiger partial charge in [0.05, 0.1) is 0 Å². The lowest BCUT2D eigenvalue weighted by atomic mass is 9.84. The van der Waals surface area contributed by atoms with Crippen molar-refractivity contribution in [2.24, 2.45) is 17.8 Å². The lowest BCUT2D eigenvalue weighted by Crippen LogP contribution is -2.41. The maximum atomic E-state index is 3.99. The summed E-state index contributed by atoms with van der Waals surface area (Å²) in [6.07, 6.45) is 14.5. The van der Waals surface area contributed by atoms with Gasteiger partial charge in [-0.1, -0.05) is 46.0 Å². The summed E-state index contributed by atoms with van der Waals surface area (Å²) in [6, 6.07) is 1.56. The molecule has 3 unspecified atom stereocenters. The minimum atomic E-state index is 0.751. The number of rotatable bonds is 4. The topological polar surface area (TPSA) is 12.0 Å². The third-order valence-electron chi connectivity index (χ3n) is 5.81. The molecule has 2 fully saturated rings. The van der Waals surface area contributed by atoms with Crippen molar-refractivity contribution in [3.8, 4) is 0 Å². The normalized spacial score (nSPS) is 32.2. The Balaban J connectivity index is 1.75. The van der Waals surface area contributed by atoms with Gasteiger partial charge < -0.3 is 5.32 Å². The van der Waals surface area contributed by atoms with E-state index in [1.807, 2.05) is 0 Å². The minimum Gasteiger partial charge on any atom is -0.311 e. The van der Waals surface area contributed by atoms with Crippen LogP contribution in [-0.2, 0) is 0 Å². The molecule has 112 valence electrons. The fourth-order valence-corrected chi connectivity index (χ4v) is 4.31. The van der Waals surface area contributed by atoms with E-state index in [2.05, 4.69) is 26.1 Å². The van der Waals surface area contributed by atoms with Crippen LogP contribution in [0.1, 0.15) is 85.0 Å². The zero-order valence-corrected chi connectivity index (χ0v) is 13.5. The lowest BCUT2D eigenvalue weighted by Gasteiger charge is -2.31. The Bertz CT molecular complexity index is 242. The van der Waals surface area contributed by atoms with E-state index >= 15 is 0 Å². The molecule has 3 atom stereocenters. The minimum absolute atomic E-state index is 0.751. The first kappa shape index (κ1) is 15.4. The molecule has 0 amide bonds. The Morgan fingerprint density at radius 3 is 2.05 bits per heavy atom. The van der Waals surface area contributed by atoms with Crippen LogP contribution in [-0.4, -0.2) is 12.1 Å². The summed E-state index contributed by atoms with van der Waals surface area (Å²) in [5.41, 5.74) is 0. The molecule has 0 bridgehead atoms. The zero-order chi connectivity index (χ0) is 13.7. The van der Waals surface area contributed by atoms with Gasteiger partial charge in [0.25, 0.3) is 0 Å². The summed E-state index contributed by atoms with van der Waals surface area (Å²) < 4.78 is 0. The Morgan fingerprint density at radius 1 is 0.684 bits per heavy atom. The summed E-state index contributed by atoms with van der Waals surface area (Å²) in [7, 11) is 0. The maximum absolute atomic E-state index is 3.99. The summed E-state index contributed by atoms with van der Waals surface area (Å²) in [6.45, 7) is 7.26. The van der Waals surface area contributed by atoms with Gasteiger partial charge in [-0.3, -0.25) is 0 Å². The van der Waals surface area contributed by atoms with Gasteiger partial charge >= 0.3 is 0 Å². The standard InChI is InChI=1S/C18H35N/c1-14(2)16-10-7-11-18(13-12-16)19-15(3)17-8-5-4-6-9-17/h14-19H,4-13H2,1-3H3. The molecule has 2 rings (SSSR count). The van der Waals surface area contributed by atoms with Gasteiger partial charge in [0.1, 0.15) is 0 Å². The molecule has 0 saturated heterocycles. The van der Waals surface area contributed by atoms with Crippen LogP contribution in [0.5, 0.6) is 0 Å². The van der Waals surface area contributed by atoms with Crippen LogP contribution >= 0.6 is 0 Å². The summed E-state index contributed by atoms with van der Waals surface area (Å²) >= 11 is 0. The van der Waals surface area contributed by atoms with Crippen LogP contribution in [0.15, 0.2) is 0 Å². The highest BCUT2D eigenvalue weighted by molar-refractivity contribution is 4.82. The molecule has 2 aliphatic carbocycles. The summed E-state index contributed by atoms with van der Waals surface area (Å²) in [5.74, 6) is 2.82. The van der Waals surface area contributed by atoms with Gasteiger partial charge in [-0.25, -0.2) is 0 Å². The molecule has 1 heteroatoms. The monoisotopic (exact) mass is 265 g/mol. The Hall–Kier alpha value is -0.0400. The van der Waals surface area contributed by atoms with Crippen molar-refractivity contribution >= 4 is 0 Å². The molecule has 0 heterocycles. The molecule has 1 N–H and O–H groups in total. The fourth-order valence-electron chi connectivity index (χ4n) is 4.31. The van der Waals surface area contributed by atoms with Crippen LogP contribution in [0, 0.1) is 17.8 Å². The van der Waals surface area contributed by atoms with Gasteiger partial charge in [-0.05, 0) is 56.8 Å². The molecule has 0 radical (unpaired) electrons. The number of nitrogens with one attached hydrogen (secondary N) is 1. The molecule has 0 aromatic heterocycles. The van der Waals surface area contributed by atoms with E-state index in [0.717, 1.165) is 29.8 Å². The highest BCUT2D eigenvalue weighted by Crippen LogP contribution is 2.31. The molecule has 19 heavy (non-hydrogen) atoms. The molecule has 0 spiro atoms. The molecule has 2 saturated carbocycles. The summed E-state index contributed by atoms with van der Waals surface area (Å²) in [4.78, 5) is 0. The van der Waals surface area contributed by atoms with Gasteiger partial charge in [0.2, 0.25) is 0 Å². The smallest absolute Gasteiger partial charge is 0.00697 e. The Kier molecular flexibility index (Phi) is 6.19. The molecule has 2 aliphatic rings. The zero-order valence-electron chi connectivity index (χ0n) is 13.5. The van der Waals surface area contributed by atoms with E-state index in [1.54, 1.807) is 0 Å². The van der Waals surface area contributed by atoms with E-state index in [-0.39, 0.29) is 0 Å². The van der Waals surface area contributed by atoms with E-state index in [4.69, 9.17) is 0 Å². The average molecular weight is 265 g/mol. The van der Waals surface area contributed by atoms with Crippen molar-refractivity contribution in [1.29, 1.82) is 0 Å². The lowest BCUT2D eigenvalue weighted by molar-refractivity contribution is 0.254. The quantitative estimate of drug-likeness (QED) is 0.693. The van der Waals surface area contributed by atoms with Crippen LogP contribution in [0.2, 0.25) is 0 Å². The van der Waals surface area contributed by atoms with Crippen LogP contribution in [0.4, 0.5) is 0 Å². The van der Waals surface area contributed by atoms with E-state index in [0.29, 0.717) is 0 Å². The van der Waals surface area contributed by atoms with Crippen molar-refractivity contribution in [1.82, 2.24) is 5.32 Å². The molecular formula is C18H35N. The maximum Gasteiger partial charge on any atom is 0.00697 e. The third-order valence-corrected chi connectivity index (χ3v) is 5.81. The summed E-state index contributed by atoms with van der Waals surface area (Å²) in [5, 5.41) is 3.99.